The van der Waals surface area contributed by atoms with E-state index in [1.54, 1.807) is 17.1 Å². The van der Waals surface area contributed by atoms with Gasteiger partial charge in [-0.1, -0.05) is 0 Å². The van der Waals surface area contributed by atoms with Crippen LogP contribution in [-0.4, -0.2) is 57.7 Å². The molecule has 1 saturated heterocycles. The first-order valence-corrected chi connectivity index (χ1v) is 6.55. The van der Waals surface area contributed by atoms with Crippen molar-refractivity contribution < 1.29 is 4.79 Å². The summed E-state index contributed by atoms with van der Waals surface area (Å²) in [7, 11) is 3.91. The molecule has 1 unspecified atom stereocenters. The summed E-state index contributed by atoms with van der Waals surface area (Å²) in [5.74, 6) is -0.0193. The van der Waals surface area contributed by atoms with Crippen molar-refractivity contribution in [2.45, 2.75) is 25.4 Å². The molecule has 1 aromatic rings. The Morgan fingerprint density at radius 1 is 1.42 bits per heavy atom. The topological polar surface area (TPSA) is 67.4 Å². The highest BCUT2D eigenvalue weighted by Crippen LogP contribution is 2.21. The number of nitrogens with two attached hydrogens (primary N) is 1. The van der Waals surface area contributed by atoms with Gasteiger partial charge in [0.1, 0.15) is 6.04 Å². The Balaban J connectivity index is 2.08. The summed E-state index contributed by atoms with van der Waals surface area (Å²) in [5, 5.41) is 4.06. The van der Waals surface area contributed by atoms with E-state index in [1.165, 1.54) is 0 Å². The maximum atomic E-state index is 12.4. The van der Waals surface area contributed by atoms with Gasteiger partial charge in [-0.3, -0.25) is 14.4 Å². The molecule has 1 atom stereocenters. The van der Waals surface area contributed by atoms with Crippen molar-refractivity contribution in [3.63, 3.8) is 0 Å². The predicted molar refractivity (Wildman–Crippen MR) is 73.4 cm³/mol. The Morgan fingerprint density at radius 2 is 2.11 bits per heavy atom. The average Bonchev–Trinajstić information content (AvgIpc) is 2.77. The standard InChI is InChI=1S/C13H23N5O/c1-13(2)9-18(6-5-16(13)3)12(19)11(14)10-7-15-17(4)8-10/h7-8,11H,5-6,9,14H2,1-4H3. The van der Waals surface area contributed by atoms with Crippen LogP contribution >= 0.6 is 0 Å². The number of aromatic nitrogens is 2. The minimum absolute atomic E-state index is 0.0113. The summed E-state index contributed by atoms with van der Waals surface area (Å²) in [5.41, 5.74) is 6.80. The molecule has 6 nitrogen and oxygen atoms in total. The molecule has 0 spiro atoms. The van der Waals surface area contributed by atoms with Crippen LogP contribution in [0, 0.1) is 0 Å². The third-order valence-corrected chi connectivity index (χ3v) is 3.98. The van der Waals surface area contributed by atoms with Crippen molar-refractivity contribution >= 4 is 5.91 Å². The summed E-state index contributed by atoms with van der Waals surface area (Å²) in [6.07, 6.45) is 3.45. The maximum absolute atomic E-state index is 12.4. The van der Waals surface area contributed by atoms with Gasteiger partial charge in [-0.2, -0.15) is 5.10 Å². The zero-order valence-corrected chi connectivity index (χ0v) is 12.1. The van der Waals surface area contributed by atoms with Crippen LogP contribution in [0.5, 0.6) is 0 Å². The molecule has 0 aliphatic carbocycles. The van der Waals surface area contributed by atoms with Gasteiger partial charge in [0.15, 0.2) is 0 Å². The van der Waals surface area contributed by atoms with Crippen LogP contribution in [0.25, 0.3) is 0 Å². The van der Waals surface area contributed by atoms with Crippen LogP contribution < -0.4 is 5.73 Å². The average molecular weight is 265 g/mol. The number of aryl methyl sites for hydroxylation is 1. The second kappa shape index (κ2) is 4.94. The van der Waals surface area contributed by atoms with Gasteiger partial charge >= 0.3 is 0 Å². The Hall–Kier alpha value is -1.40. The number of carbonyl (C=O) groups is 1. The molecule has 2 heterocycles. The van der Waals surface area contributed by atoms with E-state index in [1.807, 2.05) is 11.9 Å². The van der Waals surface area contributed by atoms with E-state index in [-0.39, 0.29) is 11.4 Å². The van der Waals surface area contributed by atoms with Crippen molar-refractivity contribution in [3.8, 4) is 0 Å². The molecule has 1 aliphatic rings. The Morgan fingerprint density at radius 3 is 2.63 bits per heavy atom. The molecule has 0 aromatic carbocycles. The van der Waals surface area contributed by atoms with Gasteiger partial charge in [0.25, 0.3) is 0 Å². The lowest BCUT2D eigenvalue weighted by Gasteiger charge is -2.45. The minimum Gasteiger partial charge on any atom is -0.338 e. The van der Waals surface area contributed by atoms with E-state index in [0.717, 1.165) is 18.7 Å². The first-order valence-electron chi connectivity index (χ1n) is 6.55. The lowest BCUT2D eigenvalue weighted by atomic mass is 9.98. The summed E-state index contributed by atoms with van der Waals surface area (Å²) in [6, 6.07) is -0.618. The molecule has 1 fully saturated rings. The highest BCUT2D eigenvalue weighted by molar-refractivity contribution is 5.83. The van der Waals surface area contributed by atoms with Gasteiger partial charge < -0.3 is 10.6 Å². The largest absolute Gasteiger partial charge is 0.338 e. The van der Waals surface area contributed by atoms with E-state index in [9.17, 15) is 4.79 Å². The fraction of sp³-hybridized carbons (Fsp3) is 0.692. The highest BCUT2D eigenvalue weighted by Gasteiger charge is 2.35. The molecule has 1 aromatic heterocycles. The van der Waals surface area contributed by atoms with Gasteiger partial charge in [0.2, 0.25) is 5.91 Å². The minimum atomic E-state index is -0.618. The third kappa shape index (κ3) is 2.79. The molecular weight excluding hydrogens is 242 g/mol. The Labute approximate surface area is 114 Å². The molecule has 2 rings (SSSR count). The lowest BCUT2D eigenvalue weighted by molar-refractivity contribution is -0.137. The molecular formula is C13H23N5O. The van der Waals surface area contributed by atoms with Crippen LogP contribution in [0.3, 0.4) is 0 Å². The Bertz CT molecular complexity index is 467. The number of carbonyl (C=O) groups excluding carboxylic acids is 1. The number of hydrogen-bond acceptors (Lipinski definition) is 4. The molecule has 106 valence electrons. The molecule has 0 saturated carbocycles. The molecule has 6 heteroatoms. The van der Waals surface area contributed by atoms with Crippen LogP contribution in [0.2, 0.25) is 0 Å². The Kier molecular flexibility index (Phi) is 3.64. The molecule has 19 heavy (non-hydrogen) atoms. The van der Waals surface area contributed by atoms with Crippen molar-refractivity contribution in [2.75, 3.05) is 26.7 Å². The zero-order valence-electron chi connectivity index (χ0n) is 12.1. The van der Waals surface area contributed by atoms with Gasteiger partial charge in [-0.15, -0.1) is 0 Å². The van der Waals surface area contributed by atoms with Crippen LogP contribution in [-0.2, 0) is 11.8 Å². The molecule has 2 N–H and O–H groups in total. The number of hydrogen-bond donors (Lipinski definition) is 1. The predicted octanol–water partition coefficient (Wildman–Crippen LogP) is -0.0275. The number of rotatable bonds is 2. The SMILES string of the molecule is CN1CCN(C(=O)C(N)c2cnn(C)c2)CC1(C)C. The van der Waals surface area contributed by atoms with Crippen molar-refractivity contribution in [1.29, 1.82) is 0 Å². The molecule has 0 radical (unpaired) electrons. The summed E-state index contributed by atoms with van der Waals surface area (Å²) in [6.45, 7) is 6.59. The first kappa shape index (κ1) is 14.0. The third-order valence-electron chi connectivity index (χ3n) is 3.98. The van der Waals surface area contributed by atoms with Crippen molar-refractivity contribution in [1.82, 2.24) is 19.6 Å². The number of piperazine rings is 1. The summed E-state index contributed by atoms with van der Waals surface area (Å²) in [4.78, 5) is 16.6. The number of likely N-dealkylation sites (N-methyl/N-ethyl adjacent to an activating group) is 1. The van der Waals surface area contributed by atoms with Gasteiger partial charge in [-0.25, -0.2) is 0 Å². The zero-order chi connectivity index (χ0) is 14.2. The van der Waals surface area contributed by atoms with Crippen molar-refractivity contribution in [2.24, 2.45) is 12.8 Å². The van der Waals surface area contributed by atoms with E-state index in [4.69, 9.17) is 5.73 Å². The first-order chi connectivity index (χ1) is 8.81. The second-order valence-corrected chi connectivity index (χ2v) is 5.92. The van der Waals surface area contributed by atoms with Gasteiger partial charge in [-0.05, 0) is 20.9 Å². The van der Waals surface area contributed by atoms with Crippen molar-refractivity contribution in [3.05, 3.63) is 18.0 Å². The quantitative estimate of drug-likeness (QED) is 0.815. The second-order valence-electron chi connectivity index (χ2n) is 5.92. The highest BCUT2D eigenvalue weighted by atomic mass is 16.2. The fourth-order valence-electron chi connectivity index (χ4n) is 2.37. The van der Waals surface area contributed by atoms with E-state index >= 15 is 0 Å². The summed E-state index contributed by atoms with van der Waals surface area (Å²) >= 11 is 0. The number of amides is 1. The summed E-state index contributed by atoms with van der Waals surface area (Å²) < 4.78 is 1.66. The molecule has 1 aliphatic heterocycles. The van der Waals surface area contributed by atoms with Gasteiger partial charge in [0, 0.05) is 44.0 Å². The van der Waals surface area contributed by atoms with E-state index in [0.29, 0.717) is 6.54 Å². The van der Waals surface area contributed by atoms with E-state index < -0.39 is 6.04 Å². The van der Waals surface area contributed by atoms with Gasteiger partial charge in [0.05, 0.1) is 6.20 Å². The molecule has 1 amide bonds. The monoisotopic (exact) mass is 265 g/mol. The maximum Gasteiger partial charge on any atom is 0.244 e. The van der Waals surface area contributed by atoms with Crippen LogP contribution in [0.15, 0.2) is 12.4 Å². The number of nitrogens with zero attached hydrogens (tertiary/aromatic N) is 4. The fourth-order valence-corrected chi connectivity index (χ4v) is 2.37. The van der Waals surface area contributed by atoms with Crippen LogP contribution in [0.4, 0.5) is 0 Å². The lowest BCUT2D eigenvalue weighted by Crippen LogP contribution is -2.59. The molecule has 0 bridgehead atoms. The smallest absolute Gasteiger partial charge is 0.244 e. The van der Waals surface area contributed by atoms with E-state index in [2.05, 4.69) is 30.9 Å². The van der Waals surface area contributed by atoms with Crippen LogP contribution in [0.1, 0.15) is 25.5 Å². The normalized spacial score (nSPS) is 21.4.